The summed E-state index contributed by atoms with van der Waals surface area (Å²) in [5.41, 5.74) is 1.44. The van der Waals surface area contributed by atoms with Gasteiger partial charge in [-0.25, -0.2) is 0 Å². The van der Waals surface area contributed by atoms with Gasteiger partial charge in [0, 0.05) is 6.61 Å². The van der Waals surface area contributed by atoms with E-state index in [0.29, 0.717) is 12.2 Å². The fraction of sp³-hybridized carbons (Fsp3) is 0.571. The Morgan fingerprint density at radius 3 is 2.63 bits per heavy atom. The van der Waals surface area contributed by atoms with Crippen LogP contribution in [0.3, 0.4) is 0 Å². The third kappa shape index (κ3) is 3.35. The van der Waals surface area contributed by atoms with E-state index >= 15 is 0 Å². The number of hydrogen-bond acceptors (Lipinski definition) is 3. The van der Waals surface area contributed by atoms with Crippen molar-refractivity contribution >= 4 is 10.1 Å². The van der Waals surface area contributed by atoms with Crippen LogP contribution in [-0.4, -0.2) is 25.2 Å². The summed E-state index contributed by atoms with van der Waals surface area (Å²) in [6, 6.07) is 5.05. The van der Waals surface area contributed by atoms with Gasteiger partial charge in [0.15, 0.2) is 0 Å². The highest BCUT2D eigenvalue weighted by Gasteiger charge is 2.32. The molecule has 1 heterocycles. The summed E-state index contributed by atoms with van der Waals surface area (Å²) < 4.78 is 38.0. The average molecular weight is 284 g/mol. The lowest BCUT2D eigenvalue weighted by Crippen LogP contribution is -2.33. The Balaban J connectivity index is 2.46. The van der Waals surface area contributed by atoms with Crippen molar-refractivity contribution in [3.8, 4) is 0 Å². The maximum absolute atomic E-state index is 11.5. The lowest BCUT2D eigenvalue weighted by atomic mass is 9.83. The molecule has 0 aliphatic carbocycles. The molecule has 0 aromatic heterocycles. The molecule has 1 aromatic rings. The van der Waals surface area contributed by atoms with Crippen molar-refractivity contribution in [3.05, 3.63) is 29.3 Å². The molecule has 1 fully saturated rings. The zero-order chi connectivity index (χ0) is 14.3. The Bertz CT molecular complexity index is 575. The Labute approximate surface area is 114 Å². The highest BCUT2D eigenvalue weighted by Crippen LogP contribution is 2.38. The van der Waals surface area contributed by atoms with Gasteiger partial charge in [-0.05, 0) is 51.2 Å². The summed E-state index contributed by atoms with van der Waals surface area (Å²) in [4.78, 5) is 0.0285. The first-order chi connectivity index (χ1) is 8.69. The minimum absolute atomic E-state index is 0.0285. The van der Waals surface area contributed by atoms with Gasteiger partial charge in [0.25, 0.3) is 10.1 Å². The molecule has 0 spiro atoms. The van der Waals surface area contributed by atoms with E-state index in [1.54, 1.807) is 6.07 Å². The van der Waals surface area contributed by atoms with Crippen LogP contribution in [0.4, 0.5) is 0 Å². The van der Waals surface area contributed by atoms with Gasteiger partial charge in [0.1, 0.15) is 0 Å². The summed E-state index contributed by atoms with van der Waals surface area (Å²) in [6.07, 6.45) is 1.52. The lowest BCUT2D eigenvalue weighted by Gasteiger charge is -2.36. The standard InChI is InChI=1S/C14H20O4S/c1-10-4-5-13(19(15,16)17)12(8-10)11-6-7-18-14(2,3)9-11/h4-5,8,11H,6-7,9H2,1-3H3,(H,15,16,17)/t11-/m0/s1. The minimum Gasteiger partial charge on any atom is -0.376 e. The molecule has 106 valence electrons. The Morgan fingerprint density at radius 2 is 2.05 bits per heavy atom. The van der Waals surface area contributed by atoms with Crippen LogP contribution in [0.1, 0.15) is 43.7 Å². The van der Waals surface area contributed by atoms with Crippen LogP contribution in [0.15, 0.2) is 23.1 Å². The van der Waals surface area contributed by atoms with Crippen LogP contribution in [0.25, 0.3) is 0 Å². The molecular weight excluding hydrogens is 264 g/mol. The van der Waals surface area contributed by atoms with E-state index < -0.39 is 10.1 Å². The molecule has 19 heavy (non-hydrogen) atoms. The third-order valence-electron chi connectivity index (χ3n) is 3.58. The molecule has 0 saturated carbocycles. The van der Waals surface area contributed by atoms with E-state index in [-0.39, 0.29) is 16.4 Å². The van der Waals surface area contributed by atoms with Crippen LogP contribution in [0, 0.1) is 6.92 Å². The number of benzene rings is 1. The molecule has 0 radical (unpaired) electrons. The van der Waals surface area contributed by atoms with Crippen molar-refractivity contribution in [2.75, 3.05) is 6.61 Å². The predicted molar refractivity (Wildman–Crippen MR) is 73.0 cm³/mol. The molecule has 1 aliphatic heterocycles. The van der Waals surface area contributed by atoms with Gasteiger partial charge >= 0.3 is 0 Å². The highest BCUT2D eigenvalue weighted by molar-refractivity contribution is 7.85. The molecule has 1 saturated heterocycles. The van der Waals surface area contributed by atoms with E-state index in [0.717, 1.165) is 18.4 Å². The summed E-state index contributed by atoms with van der Waals surface area (Å²) in [5, 5.41) is 0. The Morgan fingerprint density at radius 1 is 1.37 bits per heavy atom. The van der Waals surface area contributed by atoms with E-state index in [2.05, 4.69) is 0 Å². The molecule has 0 amide bonds. The predicted octanol–water partition coefficient (Wildman–Crippen LogP) is 2.91. The van der Waals surface area contributed by atoms with Crippen LogP contribution in [-0.2, 0) is 14.9 Å². The second-order valence-electron chi connectivity index (χ2n) is 5.81. The van der Waals surface area contributed by atoms with E-state index in [1.165, 1.54) is 6.07 Å². The first-order valence-electron chi connectivity index (χ1n) is 6.41. The summed E-state index contributed by atoms with van der Waals surface area (Å²) in [6.45, 7) is 6.53. The van der Waals surface area contributed by atoms with Gasteiger partial charge in [-0.3, -0.25) is 4.55 Å². The molecule has 0 bridgehead atoms. The lowest BCUT2D eigenvalue weighted by molar-refractivity contribution is -0.0596. The number of aryl methyl sites for hydroxylation is 1. The van der Waals surface area contributed by atoms with Gasteiger partial charge in [-0.15, -0.1) is 0 Å². The Hall–Kier alpha value is -0.910. The van der Waals surface area contributed by atoms with Crippen molar-refractivity contribution in [2.45, 2.75) is 50.0 Å². The van der Waals surface area contributed by atoms with Crippen molar-refractivity contribution in [2.24, 2.45) is 0 Å². The van der Waals surface area contributed by atoms with Crippen molar-refractivity contribution < 1.29 is 17.7 Å². The summed E-state index contributed by atoms with van der Waals surface area (Å²) in [7, 11) is -4.18. The third-order valence-corrected chi connectivity index (χ3v) is 4.51. The molecule has 1 aromatic carbocycles. The van der Waals surface area contributed by atoms with Crippen LogP contribution < -0.4 is 0 Å². The van der Waals surface area contributed by atoms with E-state index in [9.17, 15) is 13.0 Å². The zero-order valence-electron chi connectivity index (χ0n) is 11.5. The number of rotatable bonds is 2. The molecule has 1 N–H and O–H groups in total. The second-order valence-corrected chi connectivity index (χ2v) is 7.20. The van der Waals surface area contributed by atoms with Crippen LogP contribution in [0.2, 0.25) is 0 Å². The van der Waals surface area contributed by atoms with Gasteiger partial charge in [0.05, 0.1) is 10.5 Å². The van der Waals surface area contributed by atoms with Crippen LogP contribution in [0.5, 0.6) is 0 Å². The molecule has 1 atom stereocenters. The monoisotopic (exact) mass is 284 g/mol. The van der Waals surface area contributed by atoms with Gasteiger partial charge in [0.2, 0.25) is 0 Å². The fourth-order valence-corrected chi connectivity index (χ4v) is 3.48. The van der Waals surface area contributed by atoms with Crippen molar-refractivity contribution in [3.63, 3.8) is 0 Å². The normalized spacial score (nSPS) is 23.3. The van der Waals surface area contributed by atoms with E-state index in [4.69, 9.17) is 4.74 Å². The fourth-order valence-electron chi connectivity index (χ4n) is 2.72. The quantitative estimate of drug-likeness (QED) is 0.848. The smallest absolute Gasteiger partial charge is 0.294 e. The maximum Gasteiger partial charge on any atom is 0.294 e. The van der Waals surface area contributed by atoms with Crippen molar-refractivity contribution in [1.29, 1.82) is 0 Å². The van der Waals surface area contributed by atoms with Gasteiger partial charge in [-0.2, -0.15) is 8.42 Å². The van der Waals surface area contributed by atoms with Gasteiger partial charge in [-0.1, -0.05) is 17.7 Å². The maximum atomic E-state index is 11.5. The summed E-state index contributed by atoms with van der Waals surface area (Å²) in [5.74, 6) is 0.0978. The Kier molecular flexibility index (Phi) is 3.73. The number of hydrogen-bond donors (Lipinski definition) is 1. The minimum atomic E-state index is -4.18. The molecule has 4 nitrogen and oxygen atoms in total. The topological polar surface area (TPSA) is 63.6 Å². The van der Waals surface area contributed by atoms with Gasteiger partial charge < -0.3 is 4.74 Å². The summed E-state index contributed by atoms with van der Waals surface area (Å²) >= 11 is 0. The first-order valence-corrected chi connectivity index (χ1v) is 7.85. The van der Waals surface area contributed by atoms with Crippen molar-refractivity contribution in [1.82, 2.24) is 0 Å². The average Bonchev–Trinajstić information content (AvgIpc) is 2.25. The molecule has 5 heteroatoms. The molecular formula is C14H20O4S. The molecule has 1 aliphatic rings. The van der Waals surface area contributed by atoms with E-state index in [1.807, 2.05) is 26.8 Å². The number of ether oxygens (including phenoxy) is 1. The second kappa shape index (κ2) is 4.89. The largest absolute Gasteiger partial charge is 0.376 e. The first kappa shape index (κ1) is 14.5. The SMILES string of the molecule is Cc1ccc(S(=O)(=O)O)c([C@H]2CCOC(C)(C)C2)c1. The zero-order valence-corrected chi connectivity index (χ0v) is 12.3. The molecule has 0 unspecified atom stereocenters. The van der Waals surface area contributed by atoms with Crippen LogP contribution >= 0.6 is 0 Å². The molecule has 2 rings (SSSR count). The highest BCUT2D eigenvalue weighted by atomic mass is 32.2.